The lowest BCUT2D eigenvalue weighted by Crippen LogP contribution is -2.36. The molecule has 4 rings (SSSR count). The van der Waals surface area contributed by atoms with Gasteiger partial charge in [-0.2, -0.15) is 0 Å². The van der Waals surface area contributed by atoms with E-state index < -0.39 is 0 Å². The molecule has 7 nitrogen and oxygen atoms in total. The monoisotopic (exact) mass is 391 g/mol. The van der Waals surface area contributed by atoms with Gasteiger partial charge in [0.2, 0.25) is 5.95 Å². The summed E-state index contributed by atoms with van der Waals surface area (Å²) in [6, 6.07) is 16.4. The Morgan fingerprint density at radius 1 is 1.07 bits per heavy atom. The van der Waals surface area contributed by atoms with E-state index in [1.165, 1.54) is 0 Å². The zero-order chi connectivity index (χ0) is 20.1. The number of methoxy groups -OCH3 is 2. The number of benzene rings is 2. The molecule has 0 aliphatic carbocycles. The van der Waals surface area contributed by atoms with E-state index in [0.717, 1.165) is 54.7 Å². The van der Waals surface area contributed by atoms with E-state index in [-0.39, 0.29) is 0 Å². The molecule has 2 heterocycles. The minimum Gasteiger partial charge on any atom is -0.496 e. The minimum atomic E-state index is 0.499. The lowest BCUT2D eigenvalue weighted by atomic mass is 10.1. The molecular weight excluding hydrogens is 368 g/mol. The molecular formula is C22H23N4O3. The van der Waals surface area contributed by atoms with Crippen LogP contribution >= 0.6 is 0 Å². The molecule has 1 aromatic heterocycles. The van der Waals surface area contributed by atoms with Crippen molar-refractivity contribution in [2.75, 3.05) is 50.7 Å². The number of hydrogen-bond donors (Lipinski definition) is 1. The van der Waals surface area contributed by atoms with Crippen LogP contribution in [0.2, 0.25) is 0 Å². The Morgan fingerprint density at radius 2 is 1.90 bits per heavy atom. The molecule has 7 heteroatoms. The third-order valence-electron chi connectivity index (χ3n) is 4.77. The van der Waals surface area contributed by atoms with Crippen molar-refractivity contribution in [3.05, 3.63) is 54.7 Å². The highest BCUT2D eigenvalue weighted by Gasteiger charge is 2.16. The number of aromatic nitrogens is 2. The molecule has 1 fully saturated rings. The van der Waals surface area contributed by atoms with Crippen molar-refractivity contribution in [3.8, 4) is 22.8 Å². The van der Waals surface area contributed by atoms with Gasteiger partial charge in [0.05, 0.1) is 38.8 Å². The Kier molecular flexibility index (Phi) is 5.76. The maximum Gasteiger partial charge on any atom is 0.227 e. The van der Waals surface area contributed by atoms with Gasteiger partial charge in [-0.25, -0.2) is 9.97 Å². The molecule has 0 atom stereocenters. The first kappa shape index (κ1) is 19.0. The highest BCUT2D eigenvalue weighted by Crippen LogP contribution is 2.33. The molecule has 0 unspecified atom stereocenters. The number of hydrogen-bond acceptors (Lipinski definition) is 7. The fourth-order valence-electron chi connectivity index (χ4n) is 3.31. The van der Waals surface area contributed by atoms with Gasteiger partial charge in [0, 0.05) is 36.6 Å². The molecule has 29 heavy (non-hydrogen) atoms. The van der Waals surface area contributed by atoms with Crippen LogP contribution in [0.1, 0.15) is 0 Å². The summed E-state index contributed by atoms with van der Waals surface area (Å²) in [5.41, 5.74) is 3.56. The molecule has 1 aliphatic rings. The van der Waals surface area contributed by atoms with E-state index in [1.54, 1.807) is 26.5 Å². The van der Waals surface area contributed by atoms with Gasteiger partial charge in [-0.05, 0) is 36.4 Å². The van der Waals surface area contributed by atoms with Crippen LogP contribution in [0.15, 0.2) is 48.7 Å². The van der Waals surface area contributed by atoms with Gasteiger partial charge in [-0.1, -0.05) is 6.07 Å². The van der Waals surface area contributed by atoms with Gasteiger partial charge >= 0.3 is 0 Å². The second-order valence-electron chi connectivity index (χ2n) is 6.50. The Balaban J connectivity index is 1.58. The first-order chi connectivity index (χ1) is 14.3. The van der Waals surface area contributed by atoms with Gasteiger partial charge in [-0.15, -0.1) is 0 Å². The third kappa shape index (κ3) is 4.25. The zero-order valence-corrected chi connectivity index (χ0v) is 16.5. The largest absolute Gasteiger partial charge is 0.496 e. The molecule has 1 saturated heterocycles. The van der Waals surface area contributed by atoms with E-state index in [0.29, 0.717) is 11.7 Å². The SMILES string of the molecule is COc1c[c]ccc1-c1ccnc(Nc2ccc(N3CCOCC3)c(OC)c2)n1. The van der Waals surface area contributed by atoms with Crippen LogP contribution in [0.25, 0.3) is 11.3 Å². The van der Waals surface area contributed by atoms with Crippen LogP contribution in [-0.4, -0.2) is 50.5 Å². The number of anilines is 3. The zero-order valence-electron chi connectivity index (χ0n) is 16.5. The van der Waals surface area contributed by atoms with Gasteiger partial charge in [-0.3, -0.25) is 0 Å². The second kappa shape index (κ2) is 8.79. The summed E-state index contributed by atoms with van der Waals surface area (Å²) < 4.78 is 16.5. The summed E-state index contributed by atoms with van der Waals surface area (Å²) in [5, 5.41) is 3.26. The van der Waals surface area contributed by atoms with Crippen LogP contribution in [0.4, 0.5) is 17.3 Å². The van der Waals surface area contributed by atoms with Crippen LogP contribution in [0.5, 0.6) is 11.5 Å². The van der Waals surface area contributed by atoms with E-state index in [2.05, 4.69) is 26.3 Å². The third-order valence-corrected chi connectivity index (χ3v) is 4.77. The molecule has 3 aromatic rings. The fourth-order valence-corrected chi connectivity index (χ4v) is 3.31. The van der Waals surface area contributed by atoms with E-state index in [9.17, 15) is 0 Å². The van der Waals surface area contributed by atoms with Gasteiger partial charge in [0.25, 0.3) is 0 Å². The van der Waals surface area contributed by atoms with Crippen LogP contribution < -0.4 is 19.7 Å². The predicted octanol–water partition coefficient (Wildman–Crippen LogP) is 3.54. The van der Waals surface area contributed by atoms with Crippen LogP contribution in [0.3, 0.4) is 0 Å². The lowest BCUT2D eigenvalue weighted by Gasteiger charge is -2.30. The van der Waals surface area contributed by atoms with Crippen molar-refractivity contribution in [2.45, 2.75) is 0 Å². The number of ether oxygens (including phenoxy) is 3. The summed E-state index contributed by atoms with van der Waals surface area (Å²) in [4.78, 5) is 11.2. The summed E-state index contributed by atoms with van der Waals surface area (Å²) in [7, 11) is 3.31. The highest BCUT2D eigenvalue weighted by atomic mass is 16.5. The van der Waals surface area contributed by atoms with Crippen molar-refractivity contribution in [1.82, 2.24) is 9.97 Å². The molecule has 2 aromatic carbocycles. The lowest BCUT2D eigenvalue weighted by molar-refractivity contribution is 0.122. The Morgan fingerprint density at radius 3 is 2.69 bits per heavy atom. The number of rotatable bonds is 6. The van der Waals surface area contributed by atoms with Crippen molar-refractivity contribution in [3.63, 3.8) is 0 Å². The van der Waals surface area contributed by atoms with E-state index in [4.69, 9.17) is 14.2 Å². The van der Waals surface area contributed by atoms with Crippen molar-refractivity contribution < 1.29 is 14.2 Å². The maximum absolute atomic E-state index is 5.62. The molecule has 0 bridgehead atoms. The maximum atomic E-state index is 5.62. The van der Waals surface area contributed by atoms with Crippen molar-refractivity contribution in [1.29, 1.82) is 0 Å². The van der Waals surface area contributed by atoms with Crippen molar-refractivity contribution in [2.24, 2.45) is 0 Å². The number of nitrogens with zero attached hydrogens (tertiary/aromatic N) is 3. The van der Waals surface area contributed by atoms with Gasteiger partial charge < -0.3 is 24.4 Å². The molecule has 0 amide bonds. The highest BCUT2D eigenvalue weighted by molar-refractivity contribution is 5.70. The smallest absolute Gasteiger partial charge is 0.227 e. The first-order valence-corrected chi connectivity index (χ1v) is 9.44. The molecule has 1 aliphatic heterocycles. The fraction of sp³-hybridized carbons (Fsp3) is 0.273. The van der Waals surface area contributed by atoms with Gasteiger partial charge in [0.1, 0.15) is 11.5 Å². The second-order valence-corrected chi connectivity index (χ2v) is 6.50. The number of morpholine rings is 1. The number of nitrogens with one attached hydrogen (secondary N) is 1. The molecule has 1 N–H and O–H groups in total. The first-order valence-electron chi connectivity index (χ1n) is 9.44. The summed E-state index contributed by atoms with van der Waals surface area (Å²) in [6.07, 6.45) is 1.72. The van der Waals surface area contributed by atoms with E-state index >= 15 is 0 Å². The molecule has 0 spiro atoms. The molecule has 1 radical (unpaired) electrons. The predicted molar refractivity (Wildman–Crippen MR) is 112 cm³/mol. The Labute approximate surface area is 170 Å². The topological polar surface area (TPSA) is 68.7 Å². The normalized spacial score (nSPS) is 13.8. The quantitative estimate of drug-likeness (QED) is 0.689. The molecule has 149 valence electrons. The summed E-state index contributed by atoms with van der Waals surface area (Å²) >= 11 is 0. The van der Waals surface area contributed by atoms with Crippen LogP contribution in [-0.2, 0) is 4.74 Å². The Bertz CT molecular complexity index is 974. The average Bonchev–Trinajstić information content (AvgIpc) is 2.79. The molecule has 0 saturated carbocycles. The minimum absolute atomic E-state index is 0.499. The summed E-state index contributed by atoms with van der Waals surface area (Å²) in [6.45, 7) is 3.16. The van der Waals surface area contributed by atoms with Crippen molar-refractivity contribution >= 4 is 17.3 Å². The average molecular weight is 391 g/mol. The standard InChI is InChI=1S/C22H23N4O3/c1-27-20-6-4-3-5-17(20)18-9-10-23-22(25-18)24-16-7-8-19(21(15-16)28-2)26-11-13-29-14-12-26/h3,5-10,15H,11-14H2,1-2H3,(H,23,24,25). The van der Waals surface area contributed by atoms with Gasteiger partial charge in [0.15, 0.2) is 0 Å². The Hall–Kier alpha value is -3.32. The van der Waals surface area contributed by atoms with Crippen LogP contribution in [0, 0.1) is 6.07 Å². The van der Waals surface area contributed by atoms with E-state index in [1.807, 2.05) is 36.4 Å². The summed E-state index contributed by atoms with van der Waals surface area (Å²) in [5.74, 6) is 2.01.